The van der Waals surface area contributed by atoms with Crippen molar-refractivity contribution in [2.75, 3.05) is 24.6 Å². The van der Waals surface area contributed by atoms with E-state index in [0.717, 1.165) is 0 Å². The van der Waals surface area contributed by atoms with E-state index in [0.29, 0.717) is 0 Å². The molecule has 1 aromatic heterocycles. The number of alkyl halides is 1. The van der Waals surface area contributed by atoms with E-state index >= 15 is 0 Å². The van der Waals surface area contributed by atoms with Gasteiger partial charge in [0.25, 0.3) is 0 Å². The number of ether oxygens (including phenoxy) is 1. The number of rotatable bonds is 5. The van der Waals surface area contributed by atoms with Crippen molar-refractivity contribution in [3.8, 4) is 6.07 Å². The predicted molar refractivity (Wildman–Crippen MR) is 73.1 cm³/mol. The molecule has 2 heterocycles. The number of hydrogen-bond donors (Lipinski definition) is 1. The molecular weight excluding hydrogens is 293 g/mol. The smallest absolute Gasteiger partial charge is 0.340 e. The van der Waals surface area contributed by atoms with Crippen molar-refractivity contribution in [1.82, 2.24) is 4.98 Å². The van der Waals surface area contributed by atoms with Crippen LogP contribution in [0, 0.1) is 17.2 Å². The van der Waals surface area contributed by atoms with Crippen LogP contribution in [0.3, 0.4) is 0 Å². The Morgan fingerprint density at radius 2 is 2.27 bits per heavy atom. The lowest BCUT2D eigenvalue weighted by atomic mass is 9.99. The molecule has 0 aromatic carbocycles. The van der Waals surface area contributed by atoms with Gasteiger partial charge in [0.05, 0.1) is 29.3 Å². The first-order valence-corrected chi connectivity index (χ1v) is 6.66. The van der Waals surface area contributed by atoms with Crippen LogP contribution < -0.4 is 4.90 Å². The van der Waals surface area contributed by atoms with Gasteiger partial charge in [0.15, 0.2) is 0 Å². The van der Waals surface area contributed by atoms with Gasteiger partial charge >= 0.3 is 11.9 Å². The fourth-order valence-corrected chi connectivity index (χ4v) is 2.16. The third-order valence-corrected chi connectivity index (χ3v) is 3.35. The molecule has 0 atom stereocenters. The van der Waals surface area contributed by atoms with Gasteiger partial charge in [-0.15, -0.1) is 0 Å². The Hall–Kier alpha value is -2.69. The van der Waals surface area contributed by atoms with Gasteiger partial charge in [0.2, 0.25) is 0 Å². The summed E-state index contributed by atoms with van der Waals surface area (Å²) in [6.45, 7) is 1.15. The minimum atomic E-state index is -0.983. The molecule has 1 aliphatic rings. The van der Waals surface area contributed by atoms with E-state index in [2.05, 4.69) is 4.98 Å². The van der Waals surface area contributed by atoms with Crippen LogP contribution >= 0.6 is 0 Å². The molecule has 0 aliphatic carbocycles. The zero-order valence-electron chi connectivity index (χ0n) is 11.9. The monoisotopic (exact) mass is 307 g/mol. The number of halogens is 1. The summed E-state index contributed by atoms with van der Waals surface area (Å²) in [6.07, 6.45) is 0. The van der Waals surface area contributed by atoms with Crippen molar-refractivity contribution in [3.05, 3.63) is 22.9 Å². The normalized spacial score (nSPS) is 14.1. The molecule has 1 saturated heterocycles. The van der Waals surface area contributed by atoms with Gasteiger partial charge in [0.1, 0.15) is 18.6 Å². The number of hydrogen-bond acceptors (Lipinski definition) is 6. The molecule has 1 aliphatic heterocycles. The van der Waals surface area contributed by atoms with E-state index in [1.165, 1.54) is 6.07 Å². The summed E-state index contributed by atoms with van der Waals surface area (Å²) >= 11 is 0. The molecule has 0 spiro atoms. The van der Waals surface area contributed by atoms with Gasteiger partial charge in [-0.3, -0.25) is 4.79 Å². The quantitative estimate of drug-likeness (QED) is 0.813. The third-order valence-electron chi connectivity index (χ3n) is 3.35. The summed E-state index contributed by atoms with van der Waals surface area (Å²) in [4.78, 5) is 28.2. The van der Waals surface area contributed by atoms with Gasteiger partial charge in [-0.05, 0) is 13.0 Å². The topological polar surface area (TPSA) is 104 Å². The van der Waals surface area contributed by atoms with Crippen LogP contribution in [0.15, 0.2) is 6.07 Å². The Bertz CT molecular complexity index is 650. The zero-order chi connectivity index (χ0) is 16.3. The molecule has 8 heteroatoms. The van der Waals surface area contributed by atoms with Crippen molar-refractivity contribution in [2.24, 2.45) is 5.92 Å². The van der Waals surface area contributed by atoms with Crippen LogP contribution in [0.1, 0.15) is 28.5 Å². The standard InChI is InChI=1S/C14H14FN3O4/c1-2-22-14(21)10-3-8(5-16)12(17-11(10)4-15)18-6-9(7-18)13(19)20/h3,9H,2,4,6-7H2,1H3,(H,19,20). The molecule has 0 unspecified atom stereocenters. The molecule has 22 heavy (non-hydrogen) atoms. The molecule has 0 saturated carbocycles. The average Bonchev–Trinajstić information content (AvgIpc) is 2.44. The lowest BCUT2D eigenvalue weighted by Gasteiger charge is -2.38. The number of aliphatic carboxylic acids is 1. The number of nitrogens with zero attached hydrogens (tertiary/aromatic N) is 3. The number of aromatic nitrogens is 1. The molecule has 2 rings (SSSR count). The largest absolute Gasteiger partial charge is 0.481 e. The molecule has 1 N–H and O–H groups in total. The first-order valence-electron chi connectivity index (χ1n) is 6.66. The van der Waals surface area contributed by atoms with Crippen molar-refractivity contribution in [1.29, 1.82) is 5.26 Å². The maximum absolute atomic E-state index is 13.1. The molecule has 116 valence electrons. The van der Waals surface area contributed by atoms with Crippen molar-refractivity contribution >= 4 is 17.8 Å². The molecule has 0 bridgehead atoms. The maximum Gasteiger partial charge on any atom is 0.340 e. The zero-order valence-corrected chi connectivity index (χ0v) is 11.9. The van der Waals surface area contributed by atoms with Crippen LogP contribution in [-0.2, 0) is 16.2 Å². The second kappa shape index (κ2) is 6.39. The fourth-order valence-electron chi connectivity index (χ4n) is 2.16. The summed E-state index contributed by atoms with van der Waals surface area (Å²) in [5.41, 5.74) is -0.115. The number of esters is 1. The van der Waals surface area contributed by atoms with Gasteiger partial charge in [-0.1, -0.05) is 0 Å². The summed E-state index contributed by atoms with van der Waals surface area (Å²) in [6, 6.07) is 3.14. The SMILES string of the molecule is CCOC(=O)c1cc(C#N)c(N2CC(C(=O)O)C2)nc1CF. The van der Waals surface area contributed by atoms with Crippen molar-refractivity contribution in [3.63, 3.8) is 0 Å². The molecule has 0 amide bonds. The van der Waals surface area contributed by atoms with Crippen molar-refractivity contribution < 1.29 is 23.8 Å². The minimum Gasteiger partial charge on any atom is -0.481 e. The summed E-state index contributed by atoms with van der Waals surface area (Å²) in [5.74, 6) is -2.01. The lowest BCUT2D eigenvalue weighted by Crippen LogP contribution is -2.51. The molecular formula is C14H14FN3O4. The van der Waals surface area contributed by atoms with Crippen molar-refractivity contribution in [2.45, 2.75) is 13.6 Å². The van der Waals surface area contributed by atoms with Crippen LogP contribution in [0.25, 0.3) is 0 Å². The predicted octanol–water partition coefficient (Wildman–Crippen LogP) is 1.12. The van der Waals surface area contributed by atoms with Gasteiger partial charge in [-0.2, -0.15) is 5.26 Å². The second-order valence-corrected chi connectivity index (χ2v) is 4.76. The summed E-state index contributed by atoms with van der Waals surface area (Å²) < 4.78 is 17.9. The van der Waals surface area contributed by atoms with E-state index in [9.17, 15) is 19.2 Å². The third kappa shape index (κ3) is 2.83. The number of carboxylic acid groups (broad SMARTS) is 1. The molecule has 0 radical (unpaired) electrons. The Morgan fingerprint density at radius 1 is 1.59 bits per heavy atom. The first kappa shape index (κ1) is 15.7. The summed E-state index contributed by atoms with van der Waals surface area (Å²) in [5, 5.41) is 18.1. The second-order valence-electron chi connectivity index (χ2n) is 4.76. The molecule has 1 aromatic rings. The number of nitriles is 1. The first-order chi connectivity index (χ1) is 10.5. The fraction of sp³-hybridized carbons (Fsp3) is 0.429. The van der Waals surface area contributed by atoms with Crippen LogP contribution in [0.5, 0.6) is 0 Å². The van der Waals surface area contributed by atoms with E-state index in [1.54, 1.807) is 11.8 Å². The lowest BCUT2D eigenvalue weighted by molar-refractivity contribution is -0.142. The molecule has 7 nitrogen and oxygen atoms in total. The highest BCUT2D eigenvalue weighted by molar-refractivity contribution is 5.91. The van der Waals surface area contributed by atoms with Gasteiger partial charge in [0, 0.05) is 13.1 Å². The Morgan fingerprint density at radius 3 is 2.77 bits per heavy atom. The molecule has 1 fully saturated rings. The van der Waals surface area contributed by atoms with E-state index in [1.807, 2.05) is 6.07 Å². The van der Waals surface area contributed by atoms with Crippen LogP contribution in [0.2, 0.25) is 0 Å². The van der Waals surface area contributed by atoms with E-state index < -0.39 is 24.5 Å². The van der Waals surface area contributed by atoms with Gasteiger partial charge < -0.3 is 14.7 Å². The number of pyridine rings is 1. The number of carbonyl (C=O) groups excluding carboxylic acids is 1. The van der Waals surface area contributed by atoms with Crippen LogP contribution in [-0.4, -0.2) is 41.7 Å². The average molecular weight is 307 g/mol. The van der Waals surface area contributed by atoms with E-state index in [-0.39, 0.29) is 42.3 Å². The highest BCUT2D eigenvalue weighted by atomic mass is 19.1. The minimum absolute atomic E-state index is 0.0834. The highest BCUT2D eigenvalue weighted by Gasteiger charge is 2.35. The van der Waals surface area contributed by atoms with Crippen LogP contribution in [0.4, 0.5) is 10.2 Å². The Labute approximate surface area is 125 Å². The number of carbonyl (C=O) groups is 2. The number of carboxylic acids is 1. The van der Waals surface area contributed by atoms with Gasteiger partial charge in [-0.25, -0.2) is 14.2 Å². The van der Waals surface area contributed by atoms with E-state index in [4.69, 9.17) is 9.84 Å². The highest BCUT2D eigenvalue weighted by Crippen LogP contribution is 2.28. The number of anilines is 1. The maximum atomic E-state index is 13.1. The summed E-state index contributed by atoms with van der Waals surface area (Å²) in [7, 11) is 0. The Kier molecular flexibility index (Phi) is 4.56. The Balaban J connectivity index is 2.34.